The van der Waals surface area contributed by atoms with Gasteiger partial charge in [-0.3, -0.25) is 4.79 Å². The molecule has 0 heterocycles. The number of anilines is 2. The molecule has 1 saturated carbocycles. The molecule has 0 aliphatic heterocycles. The summed E-state index contributed by atoms with van der Waals surface area (Å²) in [5.74, 6) is 2.23. The van der Waals surface area contributed by atoms with Gasteiger partial charge < -0.3 is 10.6 Å². The SMILES string of the molecule is CC(=O)Nc1ccc(NC2CC(C)CCC2C(C)C)cc1. The number of rotatable bonds is 4. The smallest absolute Gasteiger partial charge is 0.221 e. The number of hydrogen-bond acceptors (Lipinski definition) is 2. The van der Waals surface area contributed by atoms with E-state index in [0.29, 0.717) is 12.0 Å². The highest BCUT2D eigenvalue weighted by atomic mass is 16.1. The highest BCUT2D eigenvalue weighted by Gasteiger charge is 2.30. The summed E-state index contributed by atoms with van der Waals surface area (Å²) in [6, 6.07) is 8.59. The standard InChI is InChI=1S/C18H28N2O/c1-12(2)17-10-5-13(3)11-18(17)20-16-8-6-15(7-9-16)19-14(4)21/h6-9,12-13,17-18,20H,5,10-11H2,1-4H3,(H,19,21). The van der Waals surface area contributed by atoms with Crippen LogP contribution in [0.1, 0.15) is 47.0 Å². The molecule has 3 atom stereocenters. The first kappa shape index (κ1) is 15.9. The second kappa shape index (κ2) is 6.97. The van der Waals surface area contributed by atoms with Crippen LogP contribution in [0.3, 0.4) is 0 Å². The topological polar surface area (TPSA) is 41.1 Å². The summed E-state index contributed by atoms with van der Waals surface area (Å²) in [7, 11) is 0. The second-order valence-corrected chi connectivity index (χ2v) is 6.84. The molecule has 116 valence electrons. The Morgan fingerprint density at radius 3 is 2.33 bits per heavy atom. The maximum Gasteiger partial charge on any atom is 0.221 e. The Morgan fingerprint density at radius 2 is 1.76 bits per heavy atom. The van der Waals surface area contributed by atoms with Crippen molar-refractivity contribution in [3.8, 4) is 0 Å². The van der Waals surface area contributed by atoms with Crippen LogP contribution in [-0.4, -0.2) is 11.9 Å². The van der Waals surface area contributed by atoms with Gasteiger partial charge in [0.1, 0.15) is 0 Å². The predicted octanol–water partition coefficient (Wildman–Crippen LogP) is 4.52. The molecule has 2 N–H and O–H groups in total. The van der Waals surface area contributed by atoms with Crippen molar-refractivity contribution in [3.63, 3.8) is 0 Å². The first-order valence-electron chi connectivity index (χ1n) is 8.10. The molecule has 0 radical (unpaired) electrons. The Morgan fingerprint density at radius 1 is 1.14 bits per heavy atom. The van der Waals surface area contributed by atoms with Gasteiger partial charge in [0.2, 0.25) is 5.91 Å². The van der Waals surface area contributed by atoms with Gasteiger partial charge in [-0.2, -0.15) is 0 Å². The van der Waals surface area contributed by atoms with Gasteiger partial charge >= 0.3 is 0 Å². The Balaban J connectivity index is 2.02. The molecule has 3 heteroatoms. The molecular formula is C18H28N2O. The summed E-state index contributed by atoms with van der Waals surface area (Å²) in [6.45, 7) is 8.54. The average Bonchev–Trinajstić information content (AvgIpc) is 2.40. The third kappa shape index (κ3) is 4.48. The number of amides is 1. The number of carbonyl (C=O) groups excluding carboxylic acids is 1. The van der Waals surface area contributed by atoms with Crippen LogP contribution in [0, 0.1) is 17.8 Å². The quantitative estimate of drug-likeness (QED) is 0.855. The van der Waals surface area contributed by atoms with Crippen LogP contribution in [-0.2, 0) is 4.79 Å². The molecule has 0 bridgehead atoms. The van der Waals surface area contributed by atoms with Crippen LogP contribution in [0.4, 0.5) is 11.4 Å². The number of nitrogens with one attached hydrogen (secondary N) is 2. The van der Waals surface area contributed by atoms with E-state index in [1.54, 1.807) is 0 Å². The average molecular weight is 288 g/mol. The lowest BCUT2D eigenvalue weighted by Crippen LogP contribution is -2.37. The summed E-state index contributed by atoms with van der Waals surface area (Å²) in [4.78, 5) is 11.0. The van der Waals surface area contributed by atoms with Crippen LogP contribution < -0.4 is 10.6 Å². The van der Waals surface area contributed by atoms with E-state index in [9.17, 15) is 4.79 Å². The van der Waals surface area contributed by atoms with Crippen molar-refractivity contribution >= 4 is 17.3 Å². The van der Waals surface area contributed by atoms with E-state index < -0.39 is 0 Å². The zero-order valence-electron chi connectivity index (χ0n) is 13.6. The lowest BCUT2D eigenvalue weighted by molar-refractivity contribution is -0.114. The van der Waals surface area contributed by atoms with Crippen molar-refractivity contribution in [1.29, 1.82) is 0 Å². The highest BCUT2D eigenvalue weighted by molar-refractivity contribution is 5.88. The molecule has 3 nitrogen and oxygen atoms in total. The van der Waals surface area contributed by atoms with Gasteiger partial charge in [0, 0.05) is 24.3 Å². The Kier molecular flexibility index (Phi) is 5.27. The van der Waals surface area contributed by atoms with Gasteiger partial charge in [-0.15, -0.1) is 0 Å². The molecule has 1 aromatic rings. The monoisotopic (exact) mass is 288 g/mol. The molecule has 2 rings (SSSR count). The van der Waals surface area contributed by atoms with Crippen molar-refractivity contribution in [2.24, 2.45) is 17.8 Å². The second-order valence-electron chi connectivity index (χ2n) is 6.84. The molecule has 1 aliphatic rings. The summed E-state index contributed by atoms with van der Waals surface area (Å²) >= 11 is 0. The maximum absolute atomic E-state index is 11.0. The Hall–Kier alpha value is -1.51. The Labute approximate surface area is 128 Å². The van der Waals surface area contributed by atoms with Crippen molar-refractivity contribution in [2.45, 2.75) is 53.0 Å². The van der Waals surface area contributed by atoms with Crippen LogP contribution >= 0.6 is 0 Å². The molecule has 1 aromatic carbocycles. The van der Waals surface area contributed by atoms with Crippen LogP contribution in [0.5, 0.6) is 0 Å². The van der Waals surface area contributed by atoms with Crippen molar-refractivity contribution in [1.82, 2.24) is 0 Å². The molecule has 0 aromatic heterocycles. The van der Waals surface area contributed by atoms with Crippen LogP contribution in [0.15, 0.2) is 24.3 Å². The fraction of sp³-hybridized carbons (Fsp3) is 0.611. The van der Waals surface area contributed by atoms with E-state index >= 15 is 0 Å². The number of carbonyl (C=O) groups is 1. The molecule has 0 spiro atoms. The summed E-state index contributed by atoms with van der Waals surface area (Å²) in [5, 5.41) is 6.51. The largest absolute Gasteiger partial charge is 0.382 e. The zero-order chi connectivity index (χ0) is 15.4. The van der Waals surface area contributed by atoms with E-state index in [4.69, 9.17) is 0 Å². The third-order valence-corrected chi connectivity index (χ3v) is 4.58. The third-order valence-electron chi connectivity index (χ3n) is 4.58. The van der Waals surface area contributed by atoms with Crippen LogP contribution in [0.2, 0.25) is 0 Å². The lowest BCUT2D eigenvalue weighted by atomic mass is 9.74. The van der Waals surface area contributed by atoms with Gasteiger partial charge in [0.05, 0.1) is 0 Å². The maximum atomic E-state index is 11.0. The van der Waals surface area contributed by atoms with Gasteiger partial charge in [-0.1, -0.05) is 27.2 Å². The lowest BCUT2D eigenvalue weighted by Gasteiger charge is -2.38. The van der Waals surface area contributed by atoms with E-state index in [-0.39, 0.29) is 5.91 Å². The van der Waals surface area contributed by atoms with Gasteiger partial charge in [-0.05, 0) is 54.9 Å². The molecule has 0 saturated heterocycles. The molecular weight excluding hydrogens is 260 g/mol. The van der Waals surface area contributed by atoms with E-state index in [1.807, 2.05) is 12.1 Å². The Bertz CT molecular complexity index is 467. The first-order chi connectivity index (χ1) is 9.95. The van der Waals surface area contributed by atoms with Crippen molar-refractivity contribution in [3.05, 3.63) is 24.3 Å². The van der Waals surface area contributed by atoms with Crippen LogP contribution in [0.25, 0.3) is 0 Å². The number of hydrogen-bond donors (Lipinski definition) is 2. The summed E-state index contributed by atoms with van der Waals surface area (Å²) < 4.78 is 0. The molecule has 1 fully saturated rings. The summed E-state index contributed by atoms with van der Waals surface area (Å²) in [6.07, 6.45) is 3.92. The normalized spacial score (nSPS) is 25.7. The van der Waals surface area contributed by atoms with Gasteiger partial charge in [0.15, 0.2) is 0 Å². The van der Waals surface area contributed by atoms with Gasteiger partial charge in [0.25, 0.3) is 0 Å². The predicted molar refractivity (Wildman–Crippen MR) is 89.5 cm³/mol. The van der Waals surface area contributed by atoms with Crippen molar-refractivity contribution < 1.29 is 4.79 Å². The van der Waals surface area contributed by atoms with E-state index in [0.717, 1.165) is 23.2 Å². The van der Waals surface area contributed by atoms with Crippen molar-refractivity contribution in [2.75, 3.05) is 10.6 Å². The summed E-state index contributed by atoms with van der Waals surface area (Å²) in [5.41, 5.74) is 2.00. The molecule has 21 heavy (non-hydrogen) atoms. The fourth-order valence-corrected chi connectivity index (χ4v) is 3.44. The fourth-order valence-electron chi connectivity index (χ4n) is 3.44. The highest BCUT2D eigenvalue weighted by Crippen LogP contribution is 2.35. The number of benzene rings is 1. The minimum Gasteiger partial charge on any atom is -0.382 e. The molecule has 1 amide bonds. The zero-order valence-corrected chi connectivity index (χ0v) is 13.6. The molecule has 1 aliphatic carbocycles. The minimum absolute atomic E-state index is 0.0308. The minimum atomic E-state index is -0.0308. The first-order valence-corrected chi connectivity index (χ1v) is 8.10. The molecule has 3 unspecified atom stereocenters. The van der Waals surface area contributed by atoms with E-state index in [2.05, 4.69) is 43.5 Å². The van der Waals surface area contributed by atoms with E-state index in [1.165, 1.54) is 26.2 Å². The van der Waals surface area contributed by atoms with Gasteiger partial charge in [-0.25, -0.2) is 0 Å².